The molecule has 86 valence electrons. The van der Waals surface area contributed by atoms with E-state index >= 15 is 0 Å². The van der Waals surface area contributed by atoms with Crippen LogP contribution in [0.25, 0.3) is 22.4 Å². The number of hydrogen-bond donors (Lipinski definition) is 0. The maximum Gasteiger partial charge on any atom is 0.104 e. The predicted molar refractivity (Wildman–Crippen MR) is 70.7 cm³/mol. The summed E-state index contributed by atoms with van der Waals surface area (Å²) in [4.78, 5) is 0. The summed E-state index contributed by atoms with van der Waals surface area (Å²) in [6.07, 6.45) is 1.08. The Hall–Kier alpha value is -2.55. The molecule has 3 aromatic rings. The van der Waals surface area contributed by atoms with E-state index in [1.54, 1.807) is 0 Å². The molecule has 1 heterocycles. The smallest absolute Gasteiger partial charge is 0.104 e. The molecule has 0 N–H and O–H groups in total. The lowest BCUT2D eigenvalue weighted by Crippen LogP contribution is -1.94. The van der Waals surface area contributed by atoms with Crippen molar-refractivity contribution in [3.05, 3.63) is 66.6 Å². The second kappa shape index (κ2) is 4.75. The number of hydrogen-bond acceptors (Lipinski definition) is 3. The second-order valence-corrected chi connectivity index (χ2v) is 3.20. The van der Waals surface area contributed by atoms with Crippen LogP contribution in [-0.4, -0.2) is 15.4 Å². The SMILES string of the molecule is [2H]c1c([2H])c([2H])c(-c2cnnnc2-c2c([2H])c([2H])c([2H])c([2H])c2[2H])c([2H])c1[2H]. The first-order valence-corrected chi connectivity index (χ1v) is 4.92. The van der Waals surface area contributed by atoms with Gasteiger partial charge in [0.1, 0.15) is 5.69 Å². The molecule has 0 aliphatic heterocycles. The van der Waals surface area contributed by atoms with Gasteiger partial charge in [0.25, 0.3) is 0 Å². The number of benzene rings is 2. The molecule has 0 spiro atoms. The fourth-order valence-electron chi connectivity index (χ4n) is 1.39. The quantitative estimate of drug-likeness (QED) is 0.693. The summed E-state index contributed by atoms with van der Waals surface area (Å²) < 4.78 is 79.1. The van der Waals surface area contributed by atoms with Crippen LogP contribution in [0.2, 0.25) is 0 Å². The highest BCUT2D eigenvalue weighted by molar-refractivity contribution is 5.79. The van der Waals surface area contributed by atoms with Crippen molar-refractivity contribution in [1.82, 2.24) is 15.4 Å². The number of aromatic nitrogens is 3. The average Bonchev–Trinajstić information content (AvgIpc) is 2.69. The van der Waals surface area contributed by atoms with Crippen LogP contribution in [0.1, 0.15) is 13.7 Å². The summed E-state index contributed by atoms with van der Waals surface area (Å²) in [5, 5.41) is 10.8. The van der Waals surface area contributed by atoms with Gasteiger partial charge in [-0.3, -0.25) is 0 Å². The van der Waals surface area contributed by atoms with Crippen molar-refractivity contribution in [3.8, 4) is 22.4 Å². The molecule has 3 heteroatoms. The van der Waals surface area contributed by atoms with Gasteiger partial charge in [-0.05, 0) is 10.8 Å². The minimum Gasteiger partial charge on any atom is -0.138 e. The van der Waals surface area contributed by atoms with Crippen LogP contribution < -0.4 is 0 Å². The standard InChI is InChI=1S/C15H11N3/c1-3-7-12(8-4-1)14-11-16-18-17-15(14)13-9-5-2-6-10-13/h1-11H/i1D,2D,3D,4D,5D,6D,7D,8D,9D,10D. The van der Waals surface area contributed by atoms with Crippen molar-refractivity contribution in [3.63, 3.8) is 0 Å². The zero-order valence-electron chi connectivity index (χ0n) is 18.9. The van der Waals surface area contributed by atoms with Gasteiger partial charge in [-0.15, -0.1) is 10.2 Å². The molecular weight excluding hydrogens is 222 g/mol. The summed E-state index contributed by atoms with van der Waals surface area (Å²) in [5.41, 5.74) is -0.881. The monoisotopic (exact) mass is 243 g/mol. The fraction of sp³-hybridized carbons (Fsp3) is 0. The van der Waals surface area contributed by atoms with Crippen LogP contribution in [0.5, 0.6) is 0 Å². The molecule has 3 rings (SSSR count). The van der Waals surface area contributed by atoms with E-state index in [-0.39, 0.29) is 22.4 Å². The lowest BCUT2D eigenvalue weighted by Gasteiger charge is -2.06. The normalized spacial score (nSPS) is 18.0. The van der Waals surface area contributed by atoms with Gasteiger partial charge in [-0.2, -0.15) is 0 Å². The highest BCUT2D eigenvalue weighted by Crippen LogP contribution is 2.28. The van der Waals surface area contributed by atoms with Gasteiger partial charge in [0.2, 0.25) is 0 Å². The molecule has 0 fully saturated rings. The third-order valence-electron chi connectivity index (χ3n) is 2.14. The molecule has 0 aliphatic rings. The molecule has 1 aromatic heterocycles. The maximum atomic E-state index is 8.11. The van der Waals surface area contributed by atoms with Crippen LogP contribution in [-0.2, 0) is 0 Å². The molecular formula is C15H11N3. The summed E-state index contributed by atoms with van der Waals surface area (Å²) >= 11 is 0. The molecule has 3 nitrogen and oxygen atoms in total. The van der Waals surface area contributed by atoms with Crippen molar-refractivity contribution < 1.29 is 13.7 Å². The first kappa shape index (κ1) is 4.28. The Balaban J connectivity index is 2.46. The third kappa shape index (κ3) is 1.98. The number of nitrogens with zero attached hydrogens (tertiary/aromatic N) is 3. The van der Waals surface area contributed by atoms with E-state index in [9.17, 15) is 0 Å². The molecule has 0 radical (unpaired) electrons. The number of rotatable bonds is 2. The Morgan fingerprint density at radius 2 is 1.39 bits per heavy atom. The zero-order chi connectivity index (χ0) is 20.9. The lowest BCUT2D eigenvalue weighted by molar-refractivity contribution is 0.873. The Labute approximate surface area is 119 Å². The van der Waals surface area contributed by atoms with E-state index in [0.717, 1.165) is 6.20 Å². The van der Waals surface area contributed by atoms with E-state index in [1.807, 2.05) is 0 Å². The van der Waals surface area contributed by atoms with Crippen molar-refractivity contribution in [1.29, 1.82) is 0 Å². The highest BCUT2D eigenvalue weighted by atomic mass is 15.3. The summed E-state index contributed by atoms with van der Waals surface area (Å²) in [6, 6.07) is -5.71. The van der Waals surface area contributed by atoms with Crippen LogP contribution in [0.4, 0.5) is 0 Å². The summed E-state index contributed by atoms with van der Waals surface area (Å²) in [7, 11) is 0. The first-order valence-electron chi connectivity index (χ1n) is 9.92. The Kier molecular flexibility index (Phi) is 1.13. The maximum absolute atomic E-state index is 8.11. The van der Waals surface area contributed by atoms with Gasteiger partial charge >= 0.3 is 0 Å². The van der Waals surface area contributed by atoms with Crippen molar-refractivity contribution in [2.24, 2.45) is 0 Å². The summed E-state index contributed by atoms with van der Waals surface area (Å²) in [6.45, 7) is 0. The van der Waals surface area contributed by atoms with E-state index in [2.05, 4.69) is 15.4 Å². The van der Waals surface area contributed by atoms with Gasteiger partial charge in [0.05, 0.1) is 19.9 Å². The van der Waals surface area contributed by atoms with Crippen molar-refractivity contribution in [2.75, 3.05) is 0 Å². The Morgan fingerprint density at radius 3 is 2.06 bits per heavy atom. The molecule has 0 saturated carbocycles. The molecule has 2 aromatic carbocycles. The minimum absolute atomic E-state index is 0.0921. The third-order valence-corrected chi connectivity index (χ3v) is 2.14. The predicted octanol–water partition coefficient (Wildman–Crippen LogP) is 3.21. The van der Waals surface area contributed by atoms with Gasteiger partial charge < -0.3 is 0 Å². The molecule has 18 heavy (non-hydrogen) atoms. The van der Waals surface area contributed by atoms with Crippen LogP contribution >= 0.6 is 0 Å². The molecule has 0 amide bonds. The highest BCUT2D eigenvalue weighted by Gasteiger charge is 2.08. The molecule has 0 aliphatic carbocycles. The lowest BCUT2D eigenvalue weighted by atomic mass is 10.0. The van der Waals surface area contributed by atoms with Crippen LogP contribution in [0.3, 0.4) is 0 Å². The zero-order valence-corrected chi connectivity index (χ0v) is 8.92. The van der Waals surface area contributed by atoms with Crippen LogP contribution in [0.15, 0.2) is 66.6 Å². The molecule has 0 atom stereocenters. The van der Waals surface area contributed by atoms with Crippen LogP contribution in [0, 0.1) is 0 Å². The fourth-order valence-corrected chi connectivity index (χ4v) is 1.39. The van der Waals surface area contributed by atoms with E-state index in [1.165, 1.54) is 0 Å². The van der Waals surface area contributed by atoms with E-state index in [4.69, 9.17) is 13.7 Å². The molecule has 0 unspecified atom stereocenters. The largest absolute Gasteiger partial charge is 0.138 e. The topological polar surface area (TPSA) is 38.7 Å². The second-order valence-electron chi connectivity index (χ2n) is 3.20. The van der Waals surface area contributed by atoms with Gasteiger partial charge in [0.15, 0.2) is 0 Å². The first-order chi connectivity index (χ1) is 13.1. The van der Waals surface area contributed by atoms with Crippen molar-refractivity contribution in [2.45, 2.75) is 0 Å². The van der Waals surface area contributed by atoms with Gasteiger partial charge in [-0.1, -0.05) is 60.4 Å². The average molecular weight is 243 g/mol. The molecule has 0 saturated heterocycles. The van der Waals surface area contributed by atoms with E-state index in [0.29, 0.717) is 0 Å². The van der Waals surface area contributed by atoms with E-state index < -0.39 is 60.4 Å². The Bertz CT molecular complexity index is 985. The summed E-state index contributed by atoms with van der Waals surface area (Å²) in [5.74, 6) is 0. The van der Waals surface area contributed by atoms with Gasteiger partial charge in [-0.25, -0.2) is 0 Å². The van der Waals surface area contributed by atoms with Gasteiger partial charge in [0, 0.05) is 11.1 Å². The molecule has 0 bridgehead atoms. The minimum atomic E-state index is -0.596. The van der Waals surface area contributed by atoms with Crippen molar-refractivity contribution >= 4 is 0 Å². The Morgan fingerprint density at radius 1 is 0.778 bits per heavy atom.